The van der Waals surface area contributed by atoms with E-state index in [2.05, 4.69) is 20.9 Å². The monoisotopic (exact) mass is 338 g/mol. The highest BCUT2D eigenvalue weighted by Crippen LogP contribution is 2.17. The van der Waals surface area contributed by atoms with E-state index in [9.17, 15) is 4.79 Å². The van der Waals surface area contributed by atoms with Gasteiger partial charge in [-0.1, -0.05) is 29.8 Å². The molecule has 0 aliphatic heterocycles. The van der Waals surface area contributed by atoms with Crippen molar-refractivity contribution in [3.05, 3.63) is 63.3 Å². The average Bonchev–Trinajstić information content (AvgIpc) is 2.41. The molecule has 0 aliphatic carbocycles. The van der Waals surface area contributed by atoms with Gasteiger partial charge in [-0.3, -0.25) is 4.79 Å². The Bertz CT molecular complexity index is 586. The molecule has 1 amide bonds. The van der Waals surface area contributed by atoms with Gasteiger partial charge in [-0.15, -0.1) is 0 Å². The number of carbonyl (C=O) groups excluding carboxylic acids is 1. The summed E-state index contributed by atoms with van der Waals surface area (Å²) in [5, 5.41) is 0.658. The Labute approximate surface area is 125 Å². The zero-order chi connectivity index (χ0) is 13.8. The van der Waals surface area contributed by atoms with Gasteiger partial charge in [0.1, 0.15) is 5.69 Å². The summed E-state index contributed by atoms with van der Waals surface area (Å²) in [5.41, 5.74) is 1.33. The smallest absolute Gasteiger partial charge is 0.272 e. The van der Waals surface area contributed by atoms with Crippen LogP contribution in [0, 0.1) is 0 Å². The van der Waals surface area contributed by atoms with Crippen molar-refractivity contribution in [1.82, 2.24) is 9.88 Å². The summed E-state index contributed by atoms with van der Waals surface area (Å²) in [6.07, 6.45) is 1.61. The lowest BCUT2D eigenvalue weighted by molar-refractivity contribution is 0.0779. The van der Waals surface area contributed by atoms with Crippen molar-refractivity contribution < 1.29 is 4.79 Å². The summed E-state index contributed by atoms with van der Waals surface area (Å²) < 4.78 is 0.845. The lowest BCUT2D eigenvalue weighted by Crippen LogP contribution is -2.27. The van der Waals surface area contributed by atoms with Crippen molar-refractivity contribution in [1.29, 1.82) is 0 Å². The fourth-order valence-corrected chi connectivity index (χ4v) is 2.08. The molecule has 0 N–H and O–H groups in total. The van der Waals surface area contributed by atoms with E-state index >= 15 is 0 Å². The quantitative estimate of drug-likeness (QED) is 0.853. The molecule has 0 saturated heterocycles. The average molecular weight is 340 g/mol. The predicted molar refractivity (Wildman–Crippen MR) is 79.2 cm³/mol. The molecule has 3 nitrogen and oxygen atoms in total. The zero-order valence-corrected chi connectivity index (χ0v) is 12.6. The number of halogens is 2. The molecule has 19 heavy (non-hydrogen) atoms. The van der Waals surface area contributed by atoms with Gasteiger partial charge in [-0.05, 0) is 39.7 Å². The standard InChI is InChI=1S/C14H12BrClN2O/c1-18(9-10-4-2-3-5-12(10)16)14(19)13-7-6-11(15)8-17-13/h2-8H,9H2,1H3. The molecule has 0 radical (unpaired) electrons. The Morgan fingerprint density at radius 1 is 1.32 bits per heavy atom. The predicted octanol–water partition coefficient (Wildman–Crippen LogP) is 3.77. The minimum absolute atomic E-state index is 0.132. The number of hydrogen-bond acceptors (Lipinski definition) is 2. The maximum absolute atomic E-state index is 12.2. The Balaban J connectivity index is 2.12. The van der Waals surface area contributed by atoms with Gasteiger partial charge in [-0.2, -0.15) is 0 Å². The van der Waals surface area contributed by atoms with Crippen LogP contribution in [0.4, 0.5) is 0 Å². The molecule has 1 heterocycles. The molecule has 2 aromatic rings. The molecule has 0 atom stereocenters. The third kappa shape index (κ3) is 3.55. The van der Waals surface area contributed by atoms with Crippen molar-refractivity contribution in [3.8, 4) is 0 Å². The summed E-state index contributed by atoms with van der Waals surface area (Å²) >= 11 is 9.37. The van der Waals surface area contributed by atoms with Crippen molar-refractivity contribution in [3.63, 3.8) is 0 Å². The van der Waals surface area contributed by atoms with Gasteiger partial charge in [0.25, 0.3) is 5.91 Å². The molecular weight excluding hydrogens is 328 g/mol. The first-order chi connectivity index (χ1) is 9.08. The molecule has 1 aromatic carbocycles. The summed E-state index contributed by atoms with van der Waals surface area (Å²) in [7, 11) is 1.73. The minimum atomic E-state index is -0.132. The van der Waals surface area contributed by atoms with Crippen LogP contribution in [0.2, 0.25) is 5.02 Å². The van der Waals surface area contributed by atoms with Crippen LogP contribution in [-0.2, 0) is 6.54 Å². The van der Waals surface area contributed by atoms with Crippen molar-refractivity contribution in [2.75, 3.05) is 7.05 Å². The van der Waals surface area contributed by atoms with Gasteiger partial charge < -0.3 is 4.90 Å². The maximum atomic E-state index is 12.2. The molecule has 5 heteroatoms. The van der Waals surface area contributed by atoms with Crippen LogP contribution in [-0.4, -0.2) is 22.8 Å². The van der Waals surface area contributed by atoms with Crippen molar-refractivity contribution in [2.24, 2.45) is 0 Å². The van der Waals surface area contributed by atoms with Crippen molar-refractivity contribution in [2.45, 2.75) is 6.54 Å². The van der Waals surface area contributed by atoms with Crippen LogP contribution in [0.3, 0.4) is 0 Å². The normalized spacial score (nSPS) is 10.3. The van der Waals surface area contributed by atoms with E-state index in [0.717, 1.165) is 10.0 Å². The molecule has 1 aromatic heterocycles. The van der Waals surface area contributed by atoms with Crippen LogP contribution in [0.25, 0.3) is 0 Å². The second-order valence-corrected chi connectivity index (χ2v) is 5.44. The van der Waals surface area contributed by atoms with Crippen molar-refractivity contribution >= 4 is 33.4 Å². The summed E-state index contributed by atoms with van der Waals surface area (Å²) in [4.78, 5) is 17.9. The number of rotatable bonds is 3. The number of nitrogens with zero attached hydrogens (tertiary/aromatic N) is 2. The Morgan fingerprint density at radius 3 is 2.68 bits per heavy atom. The first-order valence-electron chi connectivity index (χ1n) is 5.68. The molecule has 2 rings (SSSR count). The number of carbonyl (C=O) groups is 1. The Morgan fingerprint density at radius 2 is 2.05 bits per heavy atom. The minimum Gasteiger partial charge on any atom is -0.336 e. The number of pyridine rings is 1. The molecule has 0 spiro atoms. The van der Waals surface area contributed by atoms with E-state index in [1.54, 1.807) is 30.3 Å². The zero-order valence-electron chi connectivity index (χ0n) is 10.3. The van der Waals surface area contributed by atoms with E-state index in [0.29, 0.717) is 17.3 Å². The summed E-state index contributed by atoms with van der Waals surface area (Å²) in [6.45, 7) is 0.455. The summed E-state index contributed by atoms with van der Waals surface area (Å²) in [6, 6.07) is 11.0. The number of aromatic nitrogens is 1. The molecule has 0 aliphatic rings. The highest BCUT2D eigenvalue weighted by atomic mass is 79.9. The lowest BCUT2D eigenvalue weighted by Gasteiger charge is -2.17. The van der Waals surface area contributed by atoms with Gasteiger partial charge in [0.15, 0.2) is 0 Å². The van der Waals surface area contributed by atoms with E-state index in [-0.39, 0.29) is 5.91 Å². The van der Waals surface area contributed by atoms with Gasteiger partial charge in [0.2, 0.25) is 0 Å². The SMILES string of the molecule is CN(Cc1ccccc1Cl)C(=O)c1ccc(Br)cn1. The molecule has 0 unspecified atom stereocenters. The highest BCUT2D eigenvalue weighted by Gasteiger charge is 2.14. The number of hydrogen-bond donors (Lipinski definition) is 0. The molecular formula is C14H12BrClN2O. The van der Waals surface area contributed by atoms with Gasteiger partial charge in [-0.25, -0.2) is 4.98 Å². The Hall–Kier alpha value is -1.39. The highest BCUT2D eigenvalue weighted by molar-refractivity contribution is 9.10. The fraction of sp³-hybridized carbons (Fsp3) is 0.143. The molecule has 0 bridgehead atoms. The van der Waals surface area contributed by atoms with E-state index in [1.807, 2.05) is 24.3 Å². The lowest BCUT2D eigenvalue weighted by atomic mass is 10.2. The topological polar surface area (TPSA) is 33.2 Å². The maximum Gasteiger partial charge on any atom is 0.272 e. The van der Waals surface area contributed by atoms with E-state index in [1.165, 1.54) is 0 Å². The Kier molecular flexibility index (Phi) is 4.56. The number of amides is 1. The first-order valence-corrected chi connectivity index (χ1v) is 6.85. The first kappa shape index (κ1) is 14.0. The third-order valence-corrected chi connectivity index (χ3v) is 3.50. The number of benzene rings is 1. The molecule has 0 saturated carbocycles. The second-order valence-electron chi connectivity index (χ2n) is 4.11. The van der Waals surface area contributed by atoms with Gasteiger partial charge in [0, 0.05) is 29.3 Å². The summed E-state index contributed by atoms with van der Waals surface area (Å²) in [5.74, 6) is -0.132. The largest absolute Gasteiger partial charge is 0.336 e. The van der Waals surface area contributed by atoms with Gasteiger partial charge >= 0.3 is 0 Å². The van der Waals surface area contributed by atoms with Crippen LogP contribution in [0.1, 0.15) is 16.1 Å². The van der Waals surface area contributed by atoms with Gasteiger partial charge in [0.05, 0.1) is 0 Å². The third-order valence-electron chi connectivity index (χ3n) is 2.66. The van der Waals surface area contributed by atoms with Crippen LogP contribution in [0.15, 0.2) is 47.1 Å². The van der Waals surface area contributed by atoms with Crippen LogP contribution >= 0.6 is 27.5 Å². The van der Waals surface area contributed by atoms with E-state index < -0.39 is 0 Å². The molecule has 0 fully saturated rings. The molecule has 98 valence electrons. The van der Waals surface area contributed by atoms with Crippen LogP contribution in [0.5, 0.6) is 0 Å². The van der Waals surface area contributed by atoms with E-state index in [4.69, 9.17) is 11.6 Å². The van der Waals surface area contributed by atoms with Crippen LogP contribution < -0.4 is 0 Å². The fourth-order valence-electron chi connectivity index (χ4n) is 1.65. The second kappa shape index (κ2) is 6.17.